The topological polar surface area (TPSA) is 98.5 Å². The van der Waals surface area contributed by atoms with Crippen LogP contribution in [-0.2, 0) is 14.3 Å². The molecule has 0 saturated heterocycles. The van der Waals surface area contributed by atoms with Gasteiger partial charge < -0.3 is 10.5 Å². The molecule has 0 aliphatic heterocycles. The van der Waals surface area contributed by atoms with Crippen molar-refractivity contribution in [1.29, 1.82) is 0 Å². The van der Waals surface area contributed by atoms with Crippen LogP contribution < -0.4 is 11.1 Å². The van der Waals surface area contributed by atoms with Gasteiger partial charge >= 0.3 is 12.0 Å². The minimum atomic E-state index is -1.15. The van der Waals surface area contributed by atoms with Crippen molar-refractivity contribution in [3.8, 4) is 0 Å². The molecule has 0 heterocycles. The van der Waals surface area contributed by atoms with E-state index >= 15 is 0 Å². The molecule has 3 N–H and O–H groups in total. The Balaban J connectivity index is 2.82. The Morgan fingerprint density at radius 2 is 1.78 bits per heavy atom. The monoisotopic (exact) mass is 358 g/mol. The normalized spacial score (nSPS) is 12.2. The second-order valence-corrected chi connectivity index (χ2v) is 5.74. The molecule has 0 spiro atoms. The van der Waals surface area contributed by atoms with Gasteiger partial charge in [-0.05, 0) is 24.1 Å². The van der Waals surface area contributed by atoms with Gasteiger partial charge in [-0.25, -0.2) is 9.59 Å². The van der Waals surface area contributed by atoms with Gasteiger partial charge in [-0.15, -0.1) is 0 Å². The maximum Gasteiger partial charge on any atom is 0.331 e. The van der Waals surface area contributed by atoms with E-state index in [4.69, 9.17) is 33.7 Å². The van der Waals surface area contributed by atoms with Gasteiger partial charge in [-0.1, -0.05) is 43.1 Å². The lowest BCUT2D eigenvalue weighted by Gasteiger charge is -2.18. The number of halogens is 2. The third-order valence-corrected chi connectivity index (χ3v) is 3.40. The standard InChI is InChI=1S/C15H16Cl2N2O4/c1-8(2)13(14(21)19-15(18)22)23-12(20)7-6-9-10(16)4-3-5-11(9)17/h3-8,13H,1-2H3,(H3,18,19,21,22)/b7-6+/t13-/m0/s1. The summed E-state index contributed by atoms with van der Waals surface area (Å²) in [5.74, 6) is -1.92. The van der Waals surface area contributed by atoms with Gasteiger partial charge in [0.1, 0.15) is 0 Å². The molecule has 8 heteroatoms. The molecule has 124 valence electrons. The van der Waals surface area contributed by atoms with Crippen molar-refractivity contribution in [1.82, 2.24) is 5.32 Å². The fraction of sp³-hybridized carbons (Fsp3) is 0.267. The summed E-state index contributed by atoms with van der Waals surface area (Å²) in [7, 11) is 0. The first-order valence-electron chi connectivity index (χ1n) is 6.65. The van der Waals surface area contributed by atoms with Crippen LogP contribution in [0.1, 0.15) is 19.4 Å². The molecule has 0 aromatic heterocycles. The van der Waals surface area contributed by atoms with Gasteiger partial charge in [0, 0.05) is 21.7 Å². The molecular weight excluding hydrogens is 343 g/mol. The summed E-state index contributed by atoms with van der Waals surface area (Å²) < 4.78 is 5.04. The van der Waals surface area contributed by atoms with Crippen molar-refractivity contribution >= 4 is 47.2 Å². The van der Waals surface area contributed by atoms with Crippen molar-refractivity contribution in [3.05, 3.63) is 39.9 Å². The van der Waals surface area contributed by atoms with Crippen LogP contribution in [0.5, 0.6) is 0 Å². The second-order valence-electron chi connectivity index (χ2n) is 4.92. The molecule has 23 heavy (non-hydrogen) atoms. The summed E-state index contributed by atoms with van der Waals surface area (Å²) in [5, 5.41) is 2.62. The van der Waals surface area contributed by atoms with E-state index < -0.39 is 24.0 Å². The van der Waals surface area contributed by atoms with Crippen LogP contribution in [-0.4, -0.2) is 24.0 Å². The highest BCUT2D eigenvalue weighted by Crippen LogP contribution is 2.25. The molecule has 1 rings (SSSR count). The number of carbonyl (C=O) groups is 3. The van der Waals surface area contributed by atoms with E-state index in [9.17, 15) is 14.4 Å². The average Bonchev–Trinajstić information content (AvgIpc) is 2.43. The number of rotatable bonds is 5. The van der Waals surface area contributed by atoms with Gasteiger partial charge in [0.25, 0.3) is 5.91 Å². The largest absolute Gasteiger partial charge is 0.449 e. The lowest BCUT2D eigenvalue weighted by atomic mass is 10.1. The Morgan fingerprint density at radius 3 is 2.26 bits per heavy atom. The average molecular weight is 359 g/mol. The molecule has 0 bridgehead atoms. The predicted octanol–water partition coefficient (Wildman–Crippen LogP) is 2.77. The first kappa shape index (κ1) is 19.0. The number of ether oxygens (including phenoxy) is 1. The summed E-state index contributed by atoms with van der Waals surface area (Å²) in [6, 6.07) is 3.89. The van der Waals surface area contributed by atoms with Crippen molar-refractivity contribution in [2.45, 2.75) is 20.0 Å². The molecule has 1 atom stereocenters. The van der Waals surface area contributed by atoms with Gasteiger partial charge in [0.05, 0.1) is 0 Å². The molecule has 0 aliphatic rings. The number of primary amides is 1. The predicted molar refractivity (Wildman–Crippen MR) is 87.9 cm³/mol. The number of amides is 3. The van der Waals surface area contributed by atoms with Crippen LogP contribution in [0.15, 0.2) is 24.3 Å². The molecular formula is C15H16Cl2N2O4. The minimum absolute atomic E-state index is 0.351. The maximum atomic E-state index is 11.9. The quantitative estimate of drug-likeness (QED) is 0.624. The van der Waals surface area contributed by atoms with Crippen molar-refractivity contribution in [2.75, 3.05) is 0 Å². The highest BCUT2D eigenvalue weighted by atomic mass is 35.5. The van der Waals surface area contributed by atoms with E-state index in [1.54, 1.807) is 32.0 Å². The number of hydrogen-bond donors (Lipinski definition) is 2. The molecule has 6 nitrogen and oxygen atoms in total. The first-order chi connectivity index (χ1) is 10.7. The molecule has 0 radical (unpaired) electrons. The van der Waals surface area contributed by atoms with Gasteiger partial charge in [-0.2, -0.15) is 0 Å². The molecule has 1 aromatic carbocycles. The maximum absolute atomic E-state index is 11.9. The van der Waals surface area contributed by atoms with Crippen LogP contribution in [0.25, 0.3) is 6.08 Å². The highest BCUT2D eigenvalue weighted by Gasteiger charge is 2.26. The zero-order chi connectivity index (χ0) is 17.6. The molecule has 0 saturated carbocycles. The lowest BCUT2D eigenvalue weighted by molar-refractivity contribution is -0.153. The summed E-state index contributed by atoms with van der Waals surface area (Å²) >= 11 is 11.9. The number of carbonyl (C=O) groups excluding carboxylic acids is 3. The van der Waals surface area contributed by atoms with Crippen molar-refractivity contribution < 1.29 is 19.1 Å². The first-order valence-corrected chi connectivity index (χ1v) is 7.41. The third kappa shape index (κ3) is 5.92. The zero-order valence-corrected chi connectivity index (χ0v) is 14.0. The van der Waals surface area contributed by atoms with Crippen LogP contribution in [0.4, 0.5) is 4.79 Å². The molecule has 0 fully saturated rings. The second kappa shape index (κ2) is 8.55. The van der Waals surface area contributed by atoms with Crippen molar-refractivity contribution in [2.24, 2.45) is 11.7 Å². The van der Waals surface area contributed by atoms with Gasteiger partial charge in [0.2, 0.25) is 0 Å². The third-order valence-electron chi connectivity index (χ3n) is 2.74. The van der Waals surface area contributed by atoms with E-state index in [0.717, 1.165) is 6.08 Å². The number of hydrogen-bond acceptors (Lipinski definition) is 4. The van der Waals surface area contributed by atoms with Crippen molar-refractivity contribution in [3.63, 3.8) is 0 Å². The van der Waals surface area contributed by atoms with Gasteiger partial charge in [0.15, 0.2) is 6.10 Å². The Bertz CT molecular complexity index is 624. The van der Waals surface area contributed by atoms with Gasteiger partial charge in [-0.3, -0.25) is 10.1 Å². The number of imide groups is 1. The fourth-order valence-corrected chi connectivity index (χ4v) is 2.19. The molecule has 0 aliphatic carbocycles. The number of benzene rings is 1. The number of nitrogens with two attached hydrogens (primary N) is 1. The Hall–Kier alpha value is -2.05. The Kier molecular flexibility index (Phi) is 7.06. The lowest BCUT2D eigenvalue weighted by Crippen LogP contribution is -2.45. The summed E-state index contributed by atoms with van der Waals surface area (Å²) in [5.41, 5.74) is 5.33. The zero-order valence-electron chi connectivity index (χ0n) is 12.5. The SMILES string of the molecule is CC(C)[C@H](OC(=O)/C=C/c1c(Cl)cccc1Cl)C(=O)NC(N)=O. The number of urea groups is 1. The minimum Gasteiger partial charge on any atom is -0.449 e. The van der Waals surface area contributed by atoms with E-state index in [0.29, 0.717) is 15.6 Å². The summed E-state index contributed by atoms with van der Waals surface area (Å²) in [6.45, 7) is 3.32. The molecule has 3 amide bonds. The van der Waals surface area contributed by atoms with E-state index in [1.165, 1.54) is 6.08 Å². The number of esters is 1. The van der Waals surface area contributed by atoms with E-state index in [1.807, 2.05) is 5.32 Å². The smallest absolute Gasteiger partial charge is 0.331 e. The van der Waals surface area contributed by atoms with Crippen LogP contribution in [0.2, 0.25) is 10.0 Å². The van der Waals surface area contributed by atoms with E-state index in [-0.39, 0.29) is 5.92 Å². The summed E-state index contributed by atoms with van der Waals surface area (Å²) in [4.78, 5) is 34.3. The van der Waals surface area contributed by atoms with E-state index in [2.05, 4.69) is 0 Å². The summed E-state index contributed by atoms with van der Waals surface area (Å²) in [6.07, 6.45) is 1.33. The van der Waals surface area contributed by atoms with Crippen LogP contribution >= 0.6 is 23.2 Å². The Morgan fingerprint density at radius 1 is 1.22 bits per heavy atom. The van der Waals surface area contributed by atoms with Crippen LogP contribution in [0, 0.1) is 5.92 Å². The molecule has 0 unspecified atom stereocenters. The Labute approximate surface area is 143 Å². The van der Waals surface area contributed by atoms with Crippen LogP contribution in [0.3, 0.4) is 0 Å². The fourth-order valence-electron chi connectivity index (χ4n) is 1.67. The number of nitrogens with one attached hydrogen (secondary N) is 1. The molecule has 1 aromatic rings. The highest BCUT2D eigenvalue weighted by molar-refractivity contribution is 6.37.